The molecule has 2 aromatic carbocycles. The molecule has 1 heterocycles. The van der Waals surface area contributed by atoms with Crippen molar-refractivity contribution in [1.82, 2.24) is 14.9 Å². The van der Waals surface area contributed by atoms with Gasteiger partial charge in [0.15, 0.2) is 0 Å². The number of carbonyl (C=O) groups excluding carboxylic acids is 1. The van der Waals surface area contributed by atoms with Crippen LogP contribution in [0.3, 0.4) is 0 Å². The van der Waals surface area contributed by atoms with Gasteiger partial charge in [-0.25, -0.2) is 4.98 Å². The molecular weight excluding hydrogens is 322 g/mol. The molecule has 0 saturated carbocycles. The van der Waals surface area contributed by atoms with Crippen LogP contribution in [-0.4, -0.2) is 15.5 Å². The van der Waals surface area contributed by atoms with Crippen molar-refractivity contribution in [3.05, 3.63) is 72.1 Å². The summed E-state index contributed by atoms with van der Waals surface area (Å²) in [5, 5.41) is 3.00. The minimum absolute atomic E-state index is 0.0240. The third-order valence-electron chi connectivity index (χ3n) is 4.22. The van der Waals surface area contributed by atoms with Gasteiger partial charge in [0, 0.05) is 12.0 Å². The summed E-state index contributed by atoms with van der Waals surface area (Å²) >= 11 is 0. The highest BCUT2D eigenvalue weighted by Crippen LogP contribution is 2.18. The average molecular weight is 347 g/mol. The van der Waals surface area contributed by atoms with Crippen molar-refractivity contribution in [2.75, 3.05) is 0 Å². The maximum atomic E-state index is 12.2. The second-order valence-electron chi connectivity index (χ2n) is 7.37. The van der Waals surface area contributed by atoms with Crippen LogP contribution in [0.15, 0.2) is 60.7 Å². The summed E-state index contributed by atoms with van der Waals surface area (Å²) in [6, 6.07) is 18.3. The molecule has 0 fully saturated rings. The van der Waals surface area contributed by atoms with Crippen molar-refractivity contribution in [3.63, 3.8) is 0 Å². The van der Waals surface area contributed by atoms with E-state index in [0.29, 0.717) is 13.1 Å². The topological polar surface area (TPSA) is 46.9 Å². The Labute approximate surface area is 154 Å². The Morgan fingerprint density at radius 2 is 1.77 bits per heavy atom. The van der Waals surface area contributed by atoms with Crippen LogP contribution >= 0.6 is 0 Å². The van der Waals surface area contributed by atoms with Gasteiger partial charge in [-0.05, 0) is 17.7 Å². The third kappa shape index (κ3) is 4.20. The molecule has 0 bridgehead atoms. The fraction of sp³-hybridized carbons (Fsp3) is 0.273. The molecule has 4 nitrogen and oxygen atoms in total. The fourth-order valence-corrected chi connectivity index (χ4v) is 2.75. The summed E-state index contributed by atoms with van der Waals surface area (Å²) in [4.78, 5) is 16.9. The first-order valence-corrected chi connectivity index (χ1v) is 8.89. The van der Waals surface area contributed by atoms with Crippen molar-refractivity contribution in [3.8, 4) is 0 Å². The summed E-state index contributed by atoms with van der Waals surface area (Å²) in [5.41, 5.74) is 2.77. The highest BCUT2D eigenvalue weighted by Gasteiger charge is 2.21. The zero-order valence-corrected chi connectivity index (χ0v) is 15.6. The maximum Gasteiger partial charge on any atom is 0.225 e. The van der Waals surface area contributed by atoms with E-state index in [0.717, 1.165) is 16.9 Å². The Balaban J connectivity index is 1.83. The van der Waals surface area contributed by atoms with Crippen molar-refractivity contribution in [2.24, 2.45) is 5.41 Å². The molecule has 0 spiro atoms. The Hall–Kier alpha value is -2.88. The van der Waals surface area contributed by atoms with Gasteiger partial charge in [0.1, 0.15) is 5.82 Å². The minimum atomic E-state index is -0.413. The van der Waals surface area contributed by atoms with E-state index in [2.05, 4.69) is 40.2 Å². The number of allylic oxidation sites excluding steroid dienone is 1. The molecular formula is C22H25N3O. The normalized spacial score (nSPS) is 12.0. The second kappa shape index (κ2) is 7.56. The summed E-state index contributed by atoms with van der Waals surface area (Å²) in [6.45, 7) is 6.86. The number of carbonyl (C=O) groups is 1. The summed E-state index contributed by atoms with van der Waals surface area (Å²) in [6.07, 6.45) is 4.23. The van der Waals surface area contributed by atoms with Gasteiger partial charge in [0.2, 0.25) is 5.91 Å². The molecule has 0 radical (unpaired) electrons. The first-order valence-electron chi connectivity index (χ1n) is 8.89. The highest BCUT2D eigenvalue weighted by molar-refractivity contribution is 5.81. The lowest BCUT2D eigenvalue weighted by atomic mass is 9.96. The van der Waals surface area contributed by atoms with E-state index in [1.54, 1.807) is 0 Å². The predicted molar refractivity (Wildman–Crippen MR) is 107 cm³/mol. The number of aromatic nitrogens is 2. The molecule has 0 atom stereocenters. The monoisotopic (exact) mass is 347 g/mol. The molecule has 1 amide bonds. The van der Waals surface area contributed by atoms with Crippen LogP contribution in [-0.2, 0) is 17.9 Å². The number of fused-ring (bicyclic) bond motifs is 1. The van der Waals surface area contributed by atoms with Crippen LogP contribution in [0.25, 0.3) is 17.1 Å². The molecule has 0 aliphatic rings. The van der Waals surface area contributed by atoms with Gasteiger partial charge in [-0.15, -0.1) is 0 Å². The average Bonchev–Trinajstić information content (AvgIpc) is 2.97. The number of hydrogen-bond acceptors (Lipinski definition) is 2. The molecule has 1 N–H and O–H groups in total. The van der Waals surface area contributed by atoms with E-state index in [4.69, 9.17) is 4.98 Å². The van der Waals surface area contributed by atoms with Gasteiger partial charge in [-0.2, -0.15) is 0 Å². The minimum Gasteiger partial charge on any atom is -0.348 e. The van der Waals surface area contributed by atoms with Crippen molar-refractivity contribution >= 4 is 23.0 Å². The molecule has 0 aliphatic heterocycles. The first kappa shape index (κ1) is 17.9. The van der Waals surface area contributed by atoms with E-state index < -0.39 is 5.41 Å². The summed E-state index contributed by atoms with van der Waals surface area (Å²) in [5.74, 6) is 0.887. The fourth-order valence-electron chi connectivity index (χ4n) is 2.75. The van der Waals surface area contributed by atoms with Gasteiger partial charge in [0.25, 0.3) is 0 Å². The molecule has 4 heteroatoms. The van der Waals surface area contributed by atoms with E-state index in [-0.39, 0.29) is 5.91 Å². The van der Waals surface area contributed by atoms with Crippen LogP contribution in [0, 0.1) is 5.41 Å². The number of benzene rings is 2. The molecule has 26 heavy (non-hydrogen) atoms. The Morgan fingerprint density at radius 1 is 1.08 bits per heavy atom. The van der Waals surface area contributed by atoms with Crippen LogP contribution in [0.2, 0.25) is 0 Å². The molecule has 0 aliphatic carbocycles. The van der Waals surface area contributed by atoms with Gasteiger partial charge in [0.05, 0.1) is 17.6 Å². The number of nitrogens with one attached hydrogen (secondary N) is 1. The third-order valence-corrected chi connectivity index (χ3v) is 4.22. The maximum absolute atomic E-state index is 12.2. The van der Waals surface area contributed by atoms with Gasteiger partial charge in [-0.1, -0.05) is 75.4 Å². The number of imidazole rings is 1. The number of amides is 1. The van der Waals surface area contributed by atoms with Gasteiger partial charge >= 0.3 is 0 Å². The Kier molecular flexibility index (Phi) is 5.21. The lowest BCUT2D eigenvalue weighted by Gasteiger charge is -2.17. The SMILES string of the molecule is CC(C)(C)C(=O)NCc1nc2ccccc2n1C/C=C/c1ccccc1. The molecule has 3 aromatic rings. The number of nitrogens with zero attached hydrogens (tertiary/aromatic N) is 2. The zero-order chi connectivity index (χ0) is 18.6. The molecule has 134 valence electrons. The molecule has 0 unspecified atom stereocenters. The van der Waals surface area contributed by atoms with Crippen LogP contribution in [0.1, 0.15) is 32.2 Å². The predicted octanol–water partition coefficient (Wildman–Crippen LogP) is 4.41. The Bertz CT molecular complexity index is 917. The molecule has 3 rings (SSSR count). The number of hydrogen-bond donors (Lipinski definition) is 1. The lowest BCUT2D eigenvalue weighted by molar-refractivity contribution is -0.128. The molecule has 1 aromatic heterocycles. The standard InChI is InChI=1S/C22H25N3O/c1-22(2,3)21(26)23-16-20-24-18-13-7-8-14-19(18)25(20)15-9-12-17-10-5-4-6-11-17/h4-14H,15-16H2,1-3H3,(H,23,26)/b12-9+. The van der Waals surface area contributed by atoms with Gasteiger partial charge in [-0.3, -0.25) is 4.79 Å². The molecule has 0 saturated heterocycles. The van der Waals surface area contributed by atoms with Crippen molar-refractivity contribution < 1.29 is 4.79 Å². The van der Waals surface area contributed by atoms with E-state index in [1.807, 2.05) is 57.2 Å². The van der Waals surface area contributed by atoms with Crippen molar-refractivity contribution in [1.29, 1.82) is 0 Å². The summed E-state index contributed by atoms with van der Waals surface area (Å²) in [7, 11) is 0. The van der Waals surface area contributed by atoms with Crippen LogP contribution in [0.5, 0.6) is 0 Å². The van der Waals surface area contributed by atoms with Crippen LogP contribution in [0.4, 0.5) is 0 Å². The van der Waals surface area contributed by atoms with Crippen LogP contribution < -0.4 is 5.32 Å². The first-order chi connectivity index (χ1) is 12.4. The Morgan fingerprint density at radius 3 is 2.50 bits per heavy atom. The number of para-hydroxylation sites is 2. The van der Waals surface area contributed by atoms with Crippen molar-refractivity contribution in [2.45, 2.75) is 33.9 Å². The smallest absolute Gasteiger partial charge is 0.225 e. The lowest BCUT2D eigenvalue weighted by Crippen LogP contribution is -2.35. The highest BCUT2D eigenvalue weighted by atomic mass is 16.2. The van der Waals surface area contributed by atoms with Gasteiger partial charge < -0.3 is 9.88 Å². The van der Waals surface area contributed by atoms with E-state index >= 15 is 0 Å². The quantitative estimate of drug-likeness (QED) is 0.743. The summed E-state index contributed by atoms with van der Waals surface area (Å²) < 4.78 is 2.15. The second-order valence-corrected chi connectivity index (χ2v) is 7.37. The zero-order valence-electron chi connectivity index (χ0n) is 15.6. The largest absolute Gasteiger partial charge is 0.348 e. The van der Waals surface area contributed by atoms with E-state index in [1.165, 1.54) is 5.56 Å². The van der Waals surface area contributed by atoms with E-state index in [9.17, 15) is 4.79 Å². The number of rotatable bonds is 5.